The average molecular weight is 687 g/mol. The fourth-order valence-corrected chi connectivity index (χ4v) is 4.76. The van der Waals surface area contributed by atoms with Crippen LogP contribution < -0.4 is 11.5 Å². The lowest BCUT2D eigenvalue weighted by Gasteiger charge is -2.07. The van der Waals surface area contributed by atoms with Gasteiger partial charge < -0.3 is 44.9 Å². The summed E-state index contributed by atoms with van der Waals surface area (Å²) in [7, 11) is 1.64. The summed E-state index contributed by atoms with van der Waals surface area (Å²) >= 11 is 0. The van der Waals surface area contributed by atoms with Gasteiger partial charge in [0.25, 0.3) is 0 Å². The van der Waals surface area contributed by atoms with Crippen molar-refractivity contribution in [2.45, 2.75) is 52.0 Å². The van der Waals surface area contributed by atoms with Gasteiger partial charge in [-0.05, 0) is 31.4 Å². The molecule has 4 aromatic heterocycles. The van der Waals surface area contributed by atoms with Gasteiger partial charge in [0.1, 0.15) is 29.3 Å². The van der Waals surface area contributed by atoms with E-state index in [-0.39, 0.29) is 5.78 Å². The third-order valence-corrected chi connectivity index (χ3v) is 7.24. The van der Waals surface area contributed by atoms with E-state index in [1.54, 1.807) is 13.3 Å². The Hall–Kier alpha value is -3.57. The standard InChI is InChI=1S/C27H37N7O5.C7H17NO2/c1-36-11-12-38-15-16-39-14-13-37-10-7-22(35)5-3-2-4-9-34-27-23(25(28)31-19-32-27)24(33-34)21-17-20-6-8-29-26(20)30-18-21;1-2-4-9-6-7-10-5-3-8/h6,8,17-19H,2-5,7,9-16H2,1H3,(H,29,30)(H2,28,31,32);2-8H2,1H3. The van der Waals surface area contributed by atoms with Gasteiger partial charge >= 0.3 is 0 Å². The summed E-state index contributed by atoms with van der Waals surface area (Å²) in [6.45, 7) is 9.71. The van der Waals surface area contributed by atoms with Crippen molar-refractivity contribution >= 4 is 33.7 Å². The van der Waals surface area contributed by atoms with Crippen LogP contribution >= 0.6 is 0 Å². The zero-order valence-electron chi connectivity index (χ0n) is 29.1. The molecule has 0 aliphatic carbocycles. The number of rotatable bonds is 26. The molecule has 0 saturated heterocycles. The molecule has 272 valence electrons. The first-order valence-electron chi connectivity index (χ1n) is 17.1. The van der Waals surface area contributed by atoms with Crippen LogP contribution in [0.3, 0.4) is 0 Å². The van der Waals surface area contributed by atoms with E-state index < -0.39 is 0 Å². The molecule has 0 radical (unpaired) electrons. The highest BCUT2D eigenvalue weighted by molar-refractivity contribution is 5.99. The number of pyridine rings is 1. The summed E-state index contributed by atoms with van der Waals surface area (Å²) in [5.41, 5.74) is 14.5. The normalized spacial score (nSPS) is 11.3. The molecule has 0 aliphatic rings. The summed E-state index contributed by atoms with van der Waals surface area (Å²) in [5, 5.41) is 6.54. The second kappa shape index (κ2) is 24.5. The molecule has 0 aromatic carbocycles. The second-order valence-corrected chi connectivity index (χ2v) is 11.1. The number of hydrogen-bond acceptors (Lipinski definition) is 13. The zero-order chi connectivity index (χ0) is 34.9. The van der Waals surface area contributed by atoms with Crippen molar-refractivity contribution in [3.63, 3.8) is 0 Å². The maximum atomic E-state index is 12.2. The summed E-state index contributed by atoms with van der Waals surface area (Å²) < 4.78 is 33.2. The quantitative estimate of drug-likeness (QED) is 0.0812. The zero-order valence-corrected chi connectivity index (χ0v) is 29.1. The Morgan fingerprint density at radius 3 is 2.24 bits per heavy atom. The number of nitrogen functional groups attached to an aromatic ring is 1. The van der Waals surface area contributed by atoms with Crippen LogP contribution in [0.5, 0.6) is 0 Å². The number of nitrogens with one attached hydrogen (secondary N) is 1. The number of aromatic amines is 1. The first-order valence-corrected chi connectivity index (χ1v) is 17.1. The van der Waals surface area contributed by atoms with Gasteiger partial charge in [-0.3, -0.25) is 4.79 Å². The minimum Gasteiger partial charge on any atom is -0.383 e. The number of carbonyl (C=O) groups excluding carboxylic acids is 1. The van der Waals surface area contributed by atoms with Crippen LogP contribution in [0, 0.1) is 0 Å². The fourth-order valence-electron chi connectivity index (χ4n) is 4.76. The van der Waals surface area contributed by atoms with Gasteiger partial charge in [-0.15, -0.1) is 0 Å². The van der Waals surface area contributed by atoms with E-state index in [9.17, 15) is 4.79 Å². The molecule has 0 unspecified atom stereocenters. The highest BCUT2D eigenvalue weighted by atomic mass is 16.6. The fraction of sp³-hybridized carbons (Fsp3) is 0.618. The van der Waals surface area contributed by atoms with Gasteiger partial charge in [-0.1, -0.05) is 13.3 Å². The number of unbranched alkanes of at least 4 members (excludes halogenated alkanes) is 2. The third-order valence-electron chi connectivity index (χ3n) is 7.24. The minimum absolute atomic E-state index is 0.211. The average Bonchev–Trinajstić information content (AvgIpc) is 3.74. The van der Waals surface area contributed by atoms with Crippen molar-refractivity contribution in [1.82, 2.24) is 29.7 Å². The van der Waals surface area contributed by atoms with Gasteiger partial charge in [-0.2, -0.15) is 5.10 Å². The molecule has 5 N–H and O–H groups in total. The molecule has 4 rings (SSSR count). The predicted octanol–water partition coefficient (Wildman–Crippen LogP) is 3.56. The highest BCUT2D eigenvalue weighted by Crippen LogP contribution is 2.31. The molecule has 4 aromatic rings. The molecule has 0 fully saturated rings. The molecule has 0 amide bonds. The van der Waals surface area contributed by atoms with Gasteiger partial charge in [-0.25, -0.2) is 19.6 Å². The molecule has 0 aliphatic heterocycles. The lowest BCUT2D eigenvalue weighted by atomic mass is 10.1. The second-order valence-electron chi connectivity index (χ2n) is 11.1. The van der Waals surface area contributed by atoms with Crippen LogP contribution in [0.1, 0.15) is 45.4 Å². The first-order chi connectivity index (χ1) is 24.1. The SMILES string of the molecule is CCCOCCOCCN.COCCOCCOCCOCCC(=O)CCCCCn1nc(-c2cnc3[nH]ccc3c2)c2c(N)ncnc21. The minimum atomic E-state index is 0.211. The Kier molecular flexibility index (Phi) is 20.0. The number of aryl methyl sites for hydroxylation is 1. The Labute approximate surface area is 288 Å². The Balaban J connectivity index is 0.000000565. The molecule has 0 saturated carbocycles. The maximum Gasteiger partial charge on any atom is 0.163 e. The lowest BCUT2D eigenvalue weighted by molar-refractivity contribution is -0.120. The van der Waals surface area contributed by atoms with Crippen molar-refractivity contribution in [3.8, 4) is 11.3 Å². The van der Waals surface area contributed by atoms with Crippen molar-refractivity contribution in [3.05, 3.63) is 30.9 Å². The number of nitrogens with zero attached hydrogens (tertiary/aromatic N) is 5. The topological polar surface area (TPSA) is 197 Å². The van der Waals surface area contributed by atoms with E-state index in [0.717, 1.165) is 60.0 Å². The van der Waals surface area contributed by atoms with Crippen molar-refractivity contribution in [1.29, 1.82) is 0 Å². The van der Waals surface area contributed by atoms with Crippen LogP contribution in [0.25, 0.3) is 33.3 Å². The Morgan fingerprint density at radius 2 is 1.53 bits per heavy atom. The molecule has 15 nitrogen and oxygen atoms in total. The van der Waals surface area contributed by atoms with Gasteiger partial charge in [0.15, 0.2) is 5.65 Å². The maximum absolute atomic E-state index is 12.2. The summed E-state index contributed by atoms with van der Waals surface area (Å²) in [6, 6.07) is 4.00. The lowest BCUT2D eigenvalue weighted by Crippen LogP contribution is -2.12. The molecule has 4 heterocycles. The van der Waals surface area contributed by atoms with Crippen molar-refractivity contribution < 1.29 is 33.2 Å². The Morgan fingerprint density at radius 1 is 0.837 bits per heavy atom. The molecule has 0 atom stereocenters. The number of H-pyrrole nitrogens is 1. The summed E-state index contributed by atoms with van der Waals surface area (Å²) in [4.78, 5) is 28.4. The third kappa shape index (κ3) is 14.8. The van der Waals surface area contributed by atoms with E-state index in [2.05, 4.69) is 26.9 Å². The highest BCUT2D eigenvalue weighted by Gasteiger charge is 2.17. The largest absolute Gasteiger partial charge is 0.383 e. The molecular formula is C34H54N8O7. The van der Waals surface area contributed by atoms with Crippen molar-refractivity contribution in [2.75, 3.05) is 92.1 Å². The summed E-state index contributed by atoms with van der Waals surface area (Å²) in [5.74, 6) is 0.601. The first kappa shape index (κ1) is 39.9. The van der Waals surface area contributed by atoms with Gasteiger partial charge in [0, 0.05) is 63.0 Å². The van der Waals surface area contributed by atoms with Crippen LogP contribution in [-0.4, -0.2) is 122 Å². The van der Waals surface area contributed by atoms with Crippen molar-refractivity contribution in [2.24, 2.45) is 5.73 Å². The molecule has 0 bridgehead atoms. The van der Waals surface area contributed by atoms with E-state index in [4.69, 9.17) is 45.0 Å². The molecule has 0 spiro atoms. The number of ketones is 1. The number of carbonyl (C=O) groups is 1. The van der Waals surface area contributed by atoms with Crippen LogP contribution in [0.15, 0.2) is 30.9 Å². The van der Waals surface area contributed by atoms with E-state index in [0.29, 0.717) is 103 Å². The van der Waals surface area contributed by atoms with E-state index in [1.807, 2.05) is 23.0 Å². The number of Topliss-reactive ketones (excluding diaryl/α,β-unsaturated/α-hetero) is 1. The number of aromatic nitrogens is 6. The van der Waals surface area contributed by atoms with Crippen LogP contribution in [0.4, 0.5) is 5.82 Å². The number of fused-ring (bicyclic) bond motifs is 2. The monoisotopic (exact) mass is 686 g/mol. The van der Waals surface area contributed by atoms with E-state index >= 15 is 0 Å². The predicted molar refractivity (Wildman–Crippen MR) is 188 cm³/mol. The van der Waals surface area contributed by atoms with Crippen LogP contribution in [-0.2, 0) is 39.8 Å². The number of hydrogen-bond donors (Lipinski definition) is 3. The molecular weight excluding hydrogens is 632 g/mol. The Bertz CT molecular complexity index is 1460. The number of anilines is 1. The van der Waals surface area contributed by atoms with Gasteiger partial charge in [0.05, 0.1) is 71.5 Å². The molecule has 15 heteroatoms. The molecule has 49 heavy (non-hydrogen) atoms. The van der Waals surface area contributed by atoms with Crippen LogP contribution in [0.2, 0.25) is 0 Å². The number of ether oxygens (including phenoxy) is 6. The number of nitrogens with two attached hydrogens (primary N) is 2. The number of methoxy groups -OCH3 is 1. The smallest absolute Gasteiger partial charge is 0.163 e. The summed E-state index contributed by atoms with van der Waals surface area (Å²) in [6.07, 6.45) is 9.71. The van der Waals surface area contributed by atoms with Gasteiger partial charge in [0.2, 0.25) is 0 Å². The van der Waals surface area contributed by atoms with E-state index in [1.165, 1.54) is 6.33 Å².